The van der Waals surface area contributed by atoms with E-state index in [1.165, 1.54) is 47.1 Å². The first-order chi connectivity index (χ1) is 13.7. The summed E-state index contributed by atoms with van der Waals surface area (Å²) in [5.74, 6) is -2.82. The molecule has 0 spiro atoms. The van der Waals surface area contributed by atoms with Gasteiger partial charge in [-0.15, -0.1) is 11.8 Å². The molecule has 0 aliphatic carbocycles. The Balaban J connectivity index is 1.61. The Morgan fingerprint density at radius 3 is 2.52 bits per heavy atom. The van der Waals surface area contributed by atoms with Crippen LogP contribution in [0.25, 0.3) is 0 Å². The number of ether oxygens (including phenoxy) is 1. The molecule has 2 heterocycles. The van der Waals surface area contributed by atoms with Crippen LogP contribution in [0.5, 0.6) is 5.75 Å². The number of nitrogens with two attached hydrogens (primary N) is 1. The van der Waals surface area contributed by atoms with Crippen molar-refractivity contribution in [2.75, 3.05) is 6.61 Å². The highest BCUT2D eigenvalue weighted by molar-refractivity contribution is 8.00. The minimum Gasteiger partial charge on any atom is -0.482 e. The third-order valence-corrected chi connectivity index (χ3v) is 6.01. The van der Waals surface area contributed by atoms with E-state index in [0.717, 1.165) is 0 Å². The van der Waals surface area contributed by atoms with Crippen molar-refractivity contribution in [2.45, 2.75) is 29.6 Å². The van der Waals surface area contributed by atoms with Crippen molar-refractivity contribution in [2.24, 2.45) is 5.73 Å². The average Bonchev–Trinajstić information content (AvgIpc) is 2.69. The molecule has 1 saturated heterocycles. The van der Waals surface area contributed by atoms with Gasteiger partial charge in [-0.2, -0.15) is 0 Å². The molecule has 0 bridgehead atoms. The van der Waals surface area contributed by atoms with Crippen LogP contribution in [0.15, 0.2) is 36.0 Å². The molecule has 0 aromatic heterocycles. The third kappa shape index (κ3) is 4.20. The van der Waals surface area contributed by atoms with Gasteiger partial charge in [-0.3, -0.25) is 9.59 Å². The molecule has 3 rings (SSSR count). The molecule has 4 atom stereocenters. The molecule has 11 heteroatoms. The number of thioether (sulfide) groups is 1. The van der Waals surface area contributed by atoms with Crippen molar-refractivity contribution >= 4 is 35.5 Å². The first-order valence-electron chi connectivity index (χ1n) is 8.62. The number of benzene rings is 1. The zero-order valence-electron chi connectivity index (χ0n) is 15.3. The van der Waals surface area contributed by atoms with Gasteiger partial charge >= 0.3 is 11.9 Å². The summed E-state index contributed by atoms with van der Waals surface area (Å²) in [5.41, 5.74) is 6.57. The summed E-state index contributed by atoms with van der Waals surface area (Å²) in [6.45, 7) is 1.24. The number of rotatable bonds is 7. The van der Waals surface area contributed by atoms with Crippen molar-refractivity contribution in [1.82, 2.24) is 10.2 Å². The van der Waals surface area contributed by atoms with Gasteiger partial charge in [0.05, 0.1) is 5.57 Å². The zero-order valence-corrected chi connectivity index (χ0v) is 16.1. The van der Waals surface area contributed by atoms with E-state index in [-0.39, 0.29) is 16.2 Å². The molecule has 154 valence electrons. The van der Waals surface area contributed by atoms with Gasteiger partial charge in [0, 0.05) is 11.4 Å². The van der Waals surface area contributed by atoms with Gasteiger partial charge in [-0.05, 0) is 24.6 Å². The Hall–Kier alpha value is -3.05. The lowest BCUT2D eigenvalue weighted by atomic mass is 10.0. The lowest BCUT2D eigenvalue weighted by Gasteiger charge is -2.48. The predicted octanol–water partition coefficient (Wildman–Crippen LogP) is -0.0933. The number of β-lactam (4-membered cyclic amide) rings is 1. The van der Waals surface area contributed by atoms with E-state index in [4.69, 9.17) is 20.7 Å². The number of amides is 2. The minimum absolute atomic E-state index is 0.131. The summed E-state index contributed by atoms with van der Waals surface area (Å²) < 4.78 is 5.02. The Morgan fingerprint density at radius 2 is 1.93 bits per heavy atom. The van der Waals surface area contributed by atoms with E-state index in [1.54, 1.807) is 6.92 Å². The summed E-state index contributed by atoms with van der Waals surface area (Å²) in [6, 6.07) is 4.25. The number of hydrogen-bond acceptors (Lipinski definition) is 7. The van der Waals surface area contributed by atoms with E-state index >= 15 is 0 Å². The second kappa shape index (κ2) is 8.13. The van der Waals surface area contributed by atoms with Crippen LogP contribution in [-0.2, 0) is 19.2 Å². The molecule has 2 aliphatic rings. The summed E-state index contributed by atoms with van der Waals surface area (Å²) in [6.07, 6.45) is 1.31. The number of carbonyl (C=O) groups excluding carboxylic acids is 2. The Bertz CT molecular complexity index is 886. The number of nitrogens with zero attached hydrogens (tertiary/aromatic N) is 1. The van der Waals surface area contributed by atoms with Gasteiger partial charge in [0.2, 0.25) is 5.91 Å². The van der Waals surface area contributed by atoms with Gasteiger partial charge < -0.3 is 30.9 Å². The van der Waals surface area contributed by atoms with Gasteiger partial charge in [0.1, 0.15) is 23.2 Å². The quantitative estimate of drug-likeness (QED) is 0.441. The van der Waals surface area contributed by atoms with E-state index in [1.807, 2.05) is 0 Å². The second-order valence-electron chi connectivity index (χ2n) is 6.52. The van der Waals surface area contributed by atoms with E-state index in [2.05, 4.69) is 5.32 Å². The lowest BCUT2D eigenvalue weighted by molar-refractivity contribution is -0.145. The van der Waals surface area contributed by atoms with Crippen LogP contribution in [0.3, 0.4) is 0 Å². The number of carboxylic acid groups (broad SMARTS) is 2. The summed E-state index contributed by atoms with van der Waals surface area (Å²) in [7, 11) is 0. The summed E-state index contributed by atoms with van der Waals surface area (Å²) in [4.78, 5) is 47.8. The molecule has 2 aliphatic heterocycles. The van der Waals surface area contributed by atoms with E-state index in [0.29, 0.717) is 11.3 Å². The fourth-order valence-corrected chi connectivity index (χ4v) is 4.34. The normalized spacial score (nSPS) is 23.9. The minimum atomic E-state index is -1.11. The number of hydrogen-bond donors (Lipinski definition) is 4. The van der Waals surface area contributed by atoms with Gasteiger partial charge in [0.15, 0.2) is 6.61 Å². The number of aliphatic carboxylic acids is 2. The molecule has 0 radical (unpaired) electrons. The first kappa shape index (κ1) is 20.7. The van der Waals surface area contributed by atoms with Crippen molar-refractivity contribution in [3.63, 3.8) is 0 Å². The molecule has 1 aromatic carbocycles. The van der Waals surface area contributed by atoms with E-state index < -0.39 is 42.4 Å². The Morgan fingerprint density at radius 1 is 1.28 bits per heavy atom. The fourth-order valence-electron chi connectivity index (χ4n) is 2.98. The fraction of sp³-hybridized carbons (Fsp3) is 0.333. The number of carboxylic acids is 2. The molecular formula is C18H19N3O7S. The average molecular weight is 421 g/mol. The Labute approximate surface area is 169 Å². The maximum atomic E-state index is 12.5. The third-order valence-electron chi connectivity index (χ3n) is 4.57. The highest BCUT2D eigenvalue weighted by Gasteiger charge is 2.51. The Kier molecular flexibility index (Phi) is 5.80. The summed E-state index contributed by atoms with van der Waals surface area (Å²) in [5, 5.41) is 19.7. The maximum Gasteiger partial charge on any atom is 0.341 e. The van der Waals surface area contributed by atoms with Crippen LogP contribution < -0.4 is 15.8 Å². The molecule has 3 unspecified atom stereocenters. The second-order valence-corrected chi connectivity index (χ2v) is 7.98. The molecular weight excluding hydrogens is 402 g/mol. The molecule has 1 fully saturated rings. The van der Waals surface area contributed by atoms with Crippen LogP contribution >= 0.6 is 11.8 Å². The molecule has 29 heavy (non-hydrogen) atoms. The van der Waals surface area contributed by atoms with Gasteiger partial charge in [-0.25, -0.2) is 9.59 Å². The molecule has 2 amide bonds. The standard InChI is InChI=1S/C18H19N3O7S/c1-8-11(18(26)27)6-21-16(25)14(17(21)29-8)20-15(24)13(19)9-2-4-10(5-3-9)28-7-12(22)23/h2-6,8,13-14,17H,7,19H2,1H3,(H,20,24)(H,22,23)(H,26,27)/t8?,13?,14?,17-/m1/s1. The van der Waals surface area contributed by atoms with E-state index in [9.17, 15) is 19.2 Å². The lowest BCUT2D eigenvalue weighted by Crippen LogP contribution is -2.69. The topological polar surface area (TPSA) is 159 Å². The van der Waals surface area contributed by atoms with Crippen molar-refractivity contribution < 1.29 is 34.1 Å². The van der Waals surface area contributed by atoms with Crippen LogP contribution in [0.4, 0.5) is 0 Å². The largest absolute Gasteiger partial charge is 0.482 e. The van der Waals surface area contributed by atoms with Crippen molar-refractivity contribution in [3.05, 3.63) is 41.6 Å². The number of nitrogens with one attached hydrogen (secondary N) is 1. The highest BCUT2D eigenvalue weighted by Crippen LogP contribution is 2.40. The zero-order chi connectivity index (χ0) is 21.3. The van der Waals surface area contributed by atoms with Crippen LogP contribution in [0, 0.1) is 0 Å². The molecule has 5 N–H and O–H groups in total. The van der Waals surface area contributed by atoms with Gasteiger partial charge in [0.25, 0.3) is 5.91 Å². The first-order valence-corrected chi connectivity index (χ1v) is 9.56. The maximum absolute atomic E-state index is 12.5. The molecule has 1 aromatic rings. The number of carbonyl (C=O) groups is 4. The highest BCUT2D eigenvalue weighted by atomic mass is 32.2. The van der Waals surface area contributed by atoms with Crippen LogP contribution in [-0.4, -0.2) is 62.1 Å². The van der Waals surface area contributed by atoms with Crippen LogP contribution in [0.2, 0.25) is 0 Å². The SMILES string of the molecule is CC1S[C@@H]2C(NC(=O)C(N)c3ccc(OCC(=O)O)cc3)C(=O)N2C=C1C(=O)O. The molecule has 0 saturated carbocycles. The van der Waals surface area contributed by atoms with Crippen molar-refractivity contribution in [1.29, 1.82) is 0 Å². The smallest absolute Gasteiger partial charge is 0.341 e. The summed E-state index contributed by atoms with van der Waals surface area (Å²) >= 11 is 1.28. The molecule has 10 nitrogen and oxygen atoms in total. The monoisotopic (exact) mass is 421 g/mol. The van der Waals surface area contributed by atoms with Crippen molar-refractivity contribution in [3.8, 4) is 5.75 Å². The van der Waals surface area contributed by atoms with Crippen LogP contribution in [0.1, 0.15) is 18.5 Å². The van der Waals surface area contributed by atoms with Gasteiger partial charge in [-0.1, -0.05) is 12.1 Å². The number of fused-ring (bicyclic) bond motifs is 1. The predicted molar refractivity (Wildman–Crippen MR) is 102 cm³/mol.